The van der Waals surface area contributed by atoms with E-state index < -0.39 is 0 Å². The number of hydrogen-bond acceptors (Lipinski definition) is 7. The highest BCUT2D eigenvalue weighted by molar-refractivity contribution is 5.93. The van der Waals surface area contributed by atoms with Gasteiger partial charge in [-0.15, -0.1) is 0 Å². The van der Waals surface area contributed by atoms with Crippen LogP contribution in [0, 0.1) is 6.92 Å². The summed E-state index contributed by atoms with van der Waals surface area (Å²) in [5, 5.41) is 8.50. The van der Waals surface area contributed by atoms with E-state index in [9.17, 15) is 0 Å². The number of rotatable bonds is 8. The Morgan fingerprint density at radius 2 is 2.00 bits per heavy atom. The van der Waals surface area contributed by atoms with E-state index in [4.69, 9.17) is 19.6 Å². The van der Waals surface area contributed by atoms with Crippen LogP contribution in [0.4, 0.5) is 11.5 Å². The molecule has 1 aliphatic heterocycles. The van der Waals surface area contributed by atoms with Gasteiger partial charge >= 0.3 is 0 Å². The van der Waals surface area contributed by atoms with E-state index in [0.717, 1.165) is 57.3 Å². The summed E-state index contributed by atoms with van der Waals surface area (Å²) >= 11 is 0. The number of aryl methyl sites for hydroxylation is 1. The third-order valence-electron chi connectivity index (χ3n) is 6.33. The first-order valence-corrected chi connectivity index (χ1v) is 11.6. The Kier molecular flexibility index (Phi) is 6.06. The zero-order valence-electron chi connectivity index (χ0n) is 20.1. The number of anilines is 2. The van der Waals surface area contributed by atoms with Crippen molar-refractivity contribution in [1.82, 2.24) is 19.7 Å². The Morgan fingerprint density at radius 3 is 2.68 bits per heavy atom. The normalized spacial score (nSPS) is 13.6. The summed E-state index contributed by atoms with van der Waals surface area (Å²) in [7, 11) is 3.73. The number of nitrogens with one attached hydrogen (secondary N) is 1. The van der Waals surface area contributed by atoms with Gasteiger partial charge in [-0.3, -0.25) is 4.68 Å². The molecule has 8 nitrogen and oxygen atoms in total. The molecule has 0 spiro atoms. The molecule has 4 heterocycles. The van der Waals surface area contributed by atoms with Gasteiger partial charge in [0.25, 0.3) is 0 Å². The molecule has 0 bridgehead atoms. The molecule has 1 saturated heterocycles. The van der Waals surface area contributed by atoms with E-state index >= 15 is 0 Å². The second-order valence-corrected chi connectivity index (χ2v) is 8.56. The quantitative estimate of drug-likeness (QED) is 0.418. The summed E-state index contributed by atoms with van der Waals surface area (Å²) < 4.78 is 12.8. The molecule has 34 heavy (non-hydrogen) atoms. The van der Waals surface area contributed by atoms with Gasteiger partial charge in [-0.1, -0.05) is 12.1 Å². The fourth-order valence-corrected chi connectivity index (χ4v) is 4.17. The summed E-state index contributed by atoms with van der Waals surface area (Å²) in [4.78, 5) is 11.8. The lowest BCUT2D eigenvalue weighted by Crippen LogP contribution is -2.31. The van der Waals surface area contributed by atoms with E-state index in [2.05, 4.69) is 51.1 Å². The van der Waals surface area contributed by atoms with Crippen molar-refractivity contribution in [2.24, 2.45) is 0 Å². The van der Waals surface area contributed by atoms with Crippen LogP contribution >= 0.6 is 0 Å². The van der Waals surface area contributed by atoms with E-state index in [1.165, 1.54) is 0 Å². The lowest BCUT2D eigenvalue weighted by molar-refractivity contribution is -0.0267. The first-order chi connectivity index (χ1) is 16.6. The maximum atomic E-state index is 5.46. The standard InChI is InChI=1S/C26H30N6O2/c1-5-31(3)26-21(7-6-12-27-26)22-13-23(28-14-18-8-10-20(33-4)11-9-18)25-24(29-22)17(2)30-32(25)19-15-34-16-19/h6-13,19H,5,14-16H2,1-4H3,(H,28,29). The van der Waals surface area contributed by atoms with Gasteiger partial charge in [0.1, 0.15) is 22.6 Å². The van der Waals surface area contributed by atoms with Crippen LogP contribution in [0.25, 0.3) is 22.3 Å². The highest BCUT2D eigenvalue weighted by atomic mass is 16.5. The van der Waals surface area contributed by atoms with E-state index in [1.54, 1.807) is 7.11 Å². The molecule has 0 atom stereocenters. The Balaban J connectivity index is 1.61. The molecular weight excluding hydrogens is 428 g/mol. The van der Waals surface area contributed by atoms with Crippen molar-refractivity contribution in [2.75, 3.05) is 44.1 Å². The molecule has 0 aliphatic carbocycles. The minimum atomic E-state index is 0.227. The van der Waals surface area contributed by atoms with Gasteiger partial charge in [-0.25, -0.2) is 9.97 Å². The predicted octanol–water partition coefficient (Wildman–Crippen LogP) is 4.45. The zero-order valence-corrected chi connectivity index (χ0v) is 20.1. The zero-order chi connectivity index (χ0) is 23.7. The van der Waals surface area contributed by atoms with Crippen LogP contribution in [-0.4, -0.2) is 53.7 Å². The van der Waals surface area contributed by atoms with E-state index in [0.29, 0.717) is 19.8 Å². The first-order valence-electron chi connectivity index (χ1n) is 11.6. The lowest BCUT2D eigenvalue weighted by atomic mass is 10.1. The molecule has 4 aromatic rings. The fraction of sp³-hybridized carbons (Fsp3) is 0.346. The molecule has 3 aromatic heterocycles. The van der Waals surface area contributed by atoms with Crippen molar-refractivity contribution < 1.29 is 9.47 Å². The third kappa shape index (κ3) is 4.05. The fourth-order valence-electron chi connectivity index (χ4n) is 4.17. The number of benzene rings is 1. The average Bonchev–Trinajstić information content (AvgIpc) is 3.17. The highest BCUT2D eigenvalue weighted by Crippen LogP contribution is 2.35. The molecular formula is C26H30N6O2. The van der Waals surface area contributed by atoms with Gasteiger partial charge in [-0.05, 0) is 49.7 Å². The maximum Gasteiger partial charge on any atom is 0.137 e. The Bertz CT molecular complexity index is 1300. The van der Waals surface area contributed by atoms with Crippen LogP contribution in [0.15, 0.2) is 48.7 Å². The SMILES string of the molecule is CCN(C)c1ncccc1-c1cc(NCc2ccc(OC)cc2)c2c(n1)c(C)nn2C1COC1. The van der Waals surface area contributed by atoms with Gasteiger partial charge in [0.2, 0.25) is 0 Å². The molecule has 5 rings (SSSR count). The van der Waals surface area contributed by atoms with Crippen LogP contribution in [0.3, 0.4) is 0 Å². The number of aromatic nitrogens is 4. The van der Waals surface area contributed by atoms with Crippen molar-refractivity contribution in [2.45, 2.75) is 26.4 Å². The molecule has 176 valence electrons. The number of methoxy groups -OCH3 is 1. The monoisotopic (exact) mass is 458 g/mol. The molecule has 1 N–H and O–H groups in total. The third-order valence-corrected chi connectivity index (χ3v) is 6.33. The van der Waals surface area contributed by atoms with Crippen LogP contribution in [0.2, 0.25) is 0 Å². The minimum absolute atomic E-state index is 0.227. The second kappa shape index (κ2) is 9.30. The van der Waals surface area contributed by atoms with Crippen molar-refractivity contribution in [3.63, 3.8) is 0 Å². The number of nitrogens with zero attached hydrogens (tertiary/aromatic N) is 5. The van der Waals surface area contributed by atoms with Gasteiger partial charge in [-0.2, -0.15) is 5.10 Å². The van der Waals surface area contributed by atoms with Crippen LogP contribution < -0.4 is 15.0 Å². The van der Waals surface area contributed by atoms with E-state index in [-0.39, 0.29) is 6.04 Å². The Labute approximate surface area is 199 Å². The lowest BCUT2D eigenvalue weighted by Gasteiger charge is -2.27. The highest BCUT2D eigenvalue weighted by Gasteiger charge is 2.27. The van der Waals surface area contributed by atoms with E-state index in [1.807, 2.05) is 38.4 Å². The number of fused-ring (bicyclic) bond motifs is 1. The predicted molar refractivity (Wildman–Crippen MR) is 135 cm³/mol. The summed E-state index contributed by atoms with van der Waals surface area (Å²) in [6, 6.07) is 14.5. The maximum absolute atomic E-state index is 5.46. The second-order valence-electron chi connectivity index (χ2n) is 8.56. The largest absolute Gasteiger partial charge is 0.497 e. The topological polar surface area (TPSA) is 77.3 Å². The number of ether oxygens (including phenoxy) is 2. The Hall–Kier alpha value is -3.65. The summed E-state index contributed by atoms with van der Waals surface area (Å²) in [5.41, 5.74) is 6.85. The molecule has 0 unspecified atom stereocenters. The van der Waals surface area contributed by atoms with Gasteiger partial charge in [0, 0.05) is 31.9 Å². The molecule has 1 fully saturated rings. The molecule has 0 amide bonds. The molecule has 0 radical (unpaired) electrons. The van der Waals surface area contributed by atoms with Crippen LogP contribution in [-0.2, 0) is 11.3 Å². The molecule has 1 aliphatic rings. The Morgan fingerprint density at radius 1 is 1.21 bits per heavy atom. The summed E-state index contributed by atoms with van der Waals surface area (Å²) in [6.45, 7) is 7.00. The minimum Gasteiger partial charge on any atom is -0.497 e. The molecule has 1 aromatic carbocycles. The van der Waals surface area contributed by atoms with Crippen molar-refractivity contribution in [3.05, 3.63) is 59.9 Å². The first kappa shape index (κ1) is 22.2. The van der Waals surface area contributed by atoms with Gasteiger partial charge in [0.05, 0.1) is 43.4 Å². The summed E-state index contributed by atoms with van der Waals surface area (Å²) in [6.07, 6.45) is 1.83. The number of hydrogen-bond donors (Lipinski definition) is 1. The summed E-state index contributed by atoms with van der Waals surface area (Å²) in [5.74, 6) is 1.76. The van der Waals surface area contributed by atoms with Gasteiger partial charge in [0.15, 0.2) is 0 Å². The smallest absolute Gasteiger partial charge is 0.137 e. The van der Waals surface area contributed by atoms with Gasteiger partial charge < -0.3 is 19.7 Å². The molecule has 0 saturated carbocycles. The molecule has 8 heteroatoms. The average molecular weight is 459 g/mol. The van der Waals surface area contributed by atoms with Crippen LogP contribution in [0.1, 0.15) is 24.2 Å². The van der Waals surface area contributed by atoms with Crippen LogP contribution in [0.5, 0.6) is 5.75 Å². The number of pyridine rings is 2. The van der Waals surface area contributed by atoms with Crippen molar-refractivity contribution in [3.8, 4) is 17.0 Å². The van der Waals surface area contributed by atoms with Crippen molar-refractivity contribution in [1.29, 1.82) is 0 Å². The van der Waals surface area contributed by atoms with Crippen molar-refractivity contribution >= 4 is 22.5 Å².